The highest BCUT2D eigenvalue weighted by Gasteiger charge is 2.19. The number of nitrogens with one attached hydrogen (secondary N) is 2. The van der Waals surface area contributed by atoms with Gasteiger partial charge in [0.15, 0.2) is 0 Å². The van der Waals surface area contributed by atoms with Gasteiger partial charge in [-0.1, -0.05) is 12.1 Å². The minimum Gasteiger partial charge on any atom is -0.393 e. The van der Waals surface area contributed by atoms with Gasteiger partial charge in [-0.25, -0.2) is 0 Å². The van der Waals surface area contributed by atoms with Crippen LogP contribution in [0.15, 0.2) is 30.5 Å². The van der Waals surface area contributed by atoms with Crippen molar-refractivity contribution in [2.45, 2.75) is 18.9 Å². The molecule has 23 heavy (non-hydrogen) atoms. The van der Waals surface area contributed by atoms with Crippen molar-refractivity contribution in [1.82, 2.24) is 20.6 Å². The molecule has 1 aromatic carbocycles. The number of anilines is 2. The van der Waals surface area contributed by atoms with E-state index in [4.69, 9.17) is 0 Å². The van der Waals surface area contributed by atoms with Gasteiger partial charge in [-0.2, -0.15) is 10.5 Å². The molecule has 0 radical (unpaired) electrons. The number of H-pyrrole nitrogens is 1. The fourth-order valence-electron chi connectivity index (χ4n) is 2.55. The van der Waals surface area contributed by atoms with Gasteiger partial charge in [0.25, 0.3) is 0 Å². The second-order valence-corrected chi connectivity index (χ2v) is 5.28. The number of piperidine rings is 1. The molecule has 0 spiro atoms. The van der Waals surface area contributed by atoms with Gasteiger partial charge in [0, 0.05) is 19.3 Å². The summed E-state index contributed by atoms with van der Waals surface area (Å²) < 4.78 is 0. The van der Waals surface area contributed by atoms with Crippen molar-refractivity contribution < 1.29 is 5.11 Å². The van der Waals surface area contributed by atoms with Crippen molar-refractivity contribution in [2.75, 3.05) is 23.3 Å². The Morgan fingerprint density at radius 3 is 2.87 bits per heavy atom. The first-order valence-corrected chi connectivity index (χ1v) is 7.40. The number of nitriles is 1. The van der Waals surface area contributed by atoms with Crippen LogP contribution in [-0.4, -0.2) is 44.9 Å². The summed E-state index contributed by atoms with van der Waals surface area (Å²) in [6.45, 7) is 1.61. The number of allylic oxidation sites excluding steroid dienone is 1. The molecule has 0 saturated carbocycles. The van der Waals surface area contributed by atoms with Gasteiger partial charge in [-0.05, 0) is 30.2 Å². The summed E-state index contributed by atoms with van der Waals surface area (Å²) in [5.74, 6) is 0.249. The van der Waals surface area contributed by atoms with Gasteiger partial charge in [0.05, 0.1) is 17.5 Å². The molecule has 8 nitrogen and oxygen atoms in total. The van der Waals surface area contributed by atoms with E-state index in [-0.39, 0.29) is 11.9 Å². The molecular formula is C15H17N7O. The van der Waals surface area contributed by atoms with E-state index in [1.165, 1.54) is 0 Å². The van der Waals surface area contributed by atoms with Crippen LogP contribution >= 0.6 is 0 Å². The van der Waals surface area contributed by atoms with Gasteiger partial charge < -0.3 is 15.3 Å². The van der Waals surface area contributed by atoms with Crippen molar-refractivity contribution in [2.24, 2.45) is 0 Å². The molecule has 2 aromatic rings. The van der Waals surface area contributed by atoms with Crippen molar-refractivity contribution in [3.8, 4) is 6.07 Å². The Morgan fingerprint density at radius 1 is 1.39 bits per heavy atom. The Hall–Kier alpha value is -2.92. The van der Waals surface area contributed by atoms with Crippen molar-refractivity contribution in [3.63, 3.8) is 0 Å². The van der Waals surface area contributed by atoms with Crippen LogP contribution in [0.1, 0.15) is 18.7 Å². The summed E-state index contributed by atoms with van der Waals surface area (Å²) >= 11 is 0. The van der Waals surface area contributed by atoms with Crippen LogP contribution in [0.25, 0.3) is 5.57 Å². The molecule has 2 heterocycles. The first-order valence-electron chi connectivity index (χ1n) is 7.40. The Morgan fingerprint density at radius 2 is 2.17 bits per heavy atom. The zero-order valence-electron chi connectivity index (χ0n) is 12.5. The number of nitrogens with zero attached hydrogens (tertiary/aromatic N) is 5. The maximum Gasteiger partial charge on any atom is 0.216 e. The number of aromatic nitrogens is 4. The van der Waals surface area contributed by atoms with E-state index in [0.29, 0.717) is 5.57 Å². The second kappa shape index (κ2) is 6.89. The number of hydrogen-bond donors (Lipinski definition) is 3. The number of hydrogen-bond acceptors (Lipinski definition) is 7. The van der Waals surface area contributed by atoms with Gasteiger partial charge in [0.2, 0.25) is 5.82 Å². The third-order valence-electron chi connectivity index (χ3n) is 3.79. The number of para-hydroxylation sites is 2. The molecule has 0 amide bonds. The van der Waals surface area contributed by atoms with Crippen LogP contribution in [0, 0.1) is 11.3 Å². The molecule has 1 aromatic heterocycles. The highest BCUT2D eigenvalue weighted by Crippen LogP contribution is 2.28. The fraction of sp³-hybridized carbons (Fsp3) is 0.333. The van der Waals surface area contributed by atoms with E-state index < -0.39 is 0 Å². The van der Waals surface area contributed by atoms with Crippen LogP contribution in [0.3, 0.4) is 0 Å². The summed E-state index contributed by atoms with van der Waals surface area (Å²) in [7, 11) is 0. The zero-order chi connectivity index (χ0) is 16.1. The number of aliphatic hydroxyl groups excluding tert-OH is 1. The molecular weight excluding hydrogens is 294 g/mol. The summed E-state index contributed by atoms with van der Waals surface area (Å²) in [5, 5.41) is 35.4. The smallest absolute Gasteiger partial charge is 0.216 e. The summed E-state index contributed by atoms with van der Waals surface area (Å²) in [4.78, 5) is 2.23. The van der Waals surface area contributed by atoms with E-state index in [2.05, 4.69) is 30.8 Å². The normalized spacial score (nSPS) is 16.2. The number of aliphatic hydroxyl groups is 1. The SMILES string of the molecule is N#CC(=CNc1ccccc1N1CCC(O)CC1)c1nn[nH]n1. The second-order valence-electron chi connectivity index (χ2n) is 5.28. The van der Waals surface area contributed by atoms with Crippen molar-refractivity contribution >= 4 is 16.9 Å². The molecule has 3 rings (SSSR count). The highest BCUT2D eigenvalue weighted by molar-refractivity contribution is 5.77. The Kier molecular flexibility index (Phi) is 4.49. The van der Waals surface area contributed by atoms with E-state index in [0.717, 1.165) is 37.3 Å². The number of benzene rings is 1. The number of tetrazole rings is 1. The van der Waals surface area contributed by atoms with Crippen LogP contribution in [0.5, 0.6) is 0 Å². The maximum absolute atomic E-state index is 9.65. The summed E-state index contributed by atoms with van der Waals surface area (Å²) in [6.07, 6.45) is 2.88. The van der Waals surface area contributed by atoms with Gasteiger partial charge in [-0.15, -0.1) is 10.2 Å². The average Bonchev–Trinajstić information content (AvgIpc) is 3.11. The van der Waals surface area contributed by atoms with E-state index in [1.54, 1.807) is 6.20 Å². The maximum atomic E-state index is 9.65. The molecule has 1 aliphatic heterocycles. The lowest BCUT2D eigenvalue weighted by molar-refractivity contribution is 0.145. The van der Waals surface area contributed by atoms with E-state index in [9.17, 15) is 10.4 Å². The standard InChI is InChI=1S/C15H17N7O/c16-9-11(15-18-20-21-19-15)10-17-13-3-1-2-4-14(13)22-7-5-12(23)6-8-22/h1-4,10,12,17,23H,5-8H2,(H,18,19,20,21). The number of aromatic amines is 1. The molecule has 3 N–H and O–H groups in total. The molecule has 0 unspecified atom stereocenters. The first-order chi connectivity index (χ1) is 11.3. The number of rotatable bonds is 4. The van der Waals surface area contributed by atoms with Crippen LogP contribution in [-0.2, 0) is 0 Å². The van der Waals surface area contributed by atoms with E-state index >= 15 is 0 Å². The Labute approximate surface area is 133 Å². The van der Waals surface area contributed by atoms with Gasteiger partial charge >= 0.3 is 0 Å². The minimum absolute atomic E-state index is 0.213. The molecule has 0 aliphatic carbocycles. The van der Waals surface area contributed by atoms with Crippen LogP contribution in [0.4, 0.5) is 11.4 Å². The lowest BCUT2D eigenvalue weighted by Crippen LogP contribution is -2.36. The molecule has 1 aliphatic rings. The third kappa shape index (κ3) is 3.46. The lowest BCUT2D eigenvalue weighted by atomic mass is 10.1. The Bertz CT molecular complexity index is 712. The Balaban J connectivity index is 1.80. The molecule has 8 heteroatoms. The zero-order valence-corrected chi connectivity index (χ0v) is 12.5. The average molecular weight is 311 g/mol. The summed E-state index contributed by atoms with van der Waals surface area (Å²) in [6, 6.07) is 9.92. The van der Waals surface area contributed by atoms with Crippen LogP contribution in [0.2, 0.25) is 0 Å². The molecule has 0 atom stereocenters. The first kappa shape index (κ1) is 15.0. The molecule has 0 bridgehead atoms. The molecule has 118 valence electrons. The highest BCUT2D eigenvalue weighted by atomic mass is 16.3. The topological polar surface area (TPSA) is 114 Å². The monoisotopic (exact) mass is 311 g/mol. The predicted molar refractivity (Wildman–Crippen MR) is 85.3 cm³/mol. The van der Waals surface area contributed by atoms with Gasteiger partial charge in [-0.3, -0.25) is 0 Å². The van der Waals surface area contributed by atoms with E-state index in [1.807, 2.05) is 30.3 Å². The van der Waals surface area contributed by atoms with Gasteiger partial charge in [0.1, 0.15) is 11.6 Å². The largest absolute Gasteiger partial charge is 0.393 e. The predicted octanol–water partition coefficient (Wildman–Crippen LogP) is 1.14. The molecule has 1 saturated heterocycles. The fourth-order valence-corrected chi connectivity index (χ4v) is 2.55. The quantitative estimate of drug-likeness (QED) is 0.725. The lowest BCUT2D eigenvalue weighted by Gasteiger charge is -2.32. The van der Waals surface area contributed by atoms with Crippen molar-refractivity contribution in [1.29, 1.82) is 5.26 Å². The van der Waals surface area contributed by atoms with Crippen LogP contribution < -0.4 is 10.2 Å². The third-order valence-corrected chi connectivity index (χ3v) is 3.79. The summed E-state index contributed by atoms with van der Waals surface area (Å²) in [5.41, 5.74) is 2.23. The van der Waals surface area contributed by atoms with Crippen molar-refractivity contribution in [3.05, 3.63) is 36.3 Å². The minimum atomic E-state index is -0.213. The molecule has 1 fully saturated rings.